The van der Waals surface area contributed by atoms with E-state index in [9.17, 15) is 19.4 Å². The van der Waals surface area contributed by atoms with E-state index in [1.54, 1.807) is 25.7 Å². The molecule has 146 valence electrons. The lowest BCUT2D eigenvalue weighted by Gasteiger charge is -2.37. The average Bonchev–Trinajstić information content (AvgIpc) is 3.04. The van der Waals surface area contributed by atoms with Crippen molar-refractivity contribution in [2.24, 2.45) is 0 Å². The molecule has 3 atom stereocenters. The van der Waals surface area contributed by atoms with E-state index in [1.807, 2.05) is 0 Å². The highest BCUT2D eigenvalue weighted by molar-refractivity contribution is 5.83. The van der Waals surface area contributed by atoms with Crippen LogP contribution >= 0.6 is 0 Å². The van der Waals surface area contributed by atoms with Gasteiger partial charge in [0.1, 0.15) is 18.0 Å². The molecule has 1 aliphatic rings. The summed E-state index contributed by atoms with van der Waals surface area (Å²) in [5, 5.41) is 24.1. The largest absolute Gasteiger partial charge is 0.386 e. The van der Waals surface area contributed by atoms with Gasteiger partial charge in [0.15, 0.2) is 0 Å². The van der Waals surface area contributed by atoms with Gasteiger partial charge in [-0.1, -0.05) is 12.1 Å². The molecule has 1 fully saturated rings. The van der Waals surface area contributed by atoms with Crippen LogP contribution in [0.25, 0.3) is 0 Å². The number of hydrogen-bond acceptors (Lipinski definition) is 5. The Labute approximate surface area is 154 Å². The predicted octanol–water partition coefficient (Wildman–Crippen LogP) is 1.92. The van der Waals surface area contributed by atoms with Gasteiger partial charge in [-0.3, -0.25) is 10.1 Å². The second-order valence-electron chi connectivity index (χ2n) is 7.85. The molecule has 1 amide bonds. The standard InChI is InChI=1S/C19H29FN2O4/c1-18(2,3)26-19(4,25)21-15(17(24)22-11-5-6-12-22)16(23)13-7-9-14(20)10-8-13/h7-10,15-16,21,23,25H,5-6,11-12H2,1-4H3/t15-,16-,19?/m1/s1. The monoisotopic (exact) mass is 368 g/mol. The Morgan fingerprint density at radius 1 is 1.19 bits per heavy atom. The molecule has 3 N–H and O–H groups in total. The highest BCUT2D eigenvalue weighted by Crippen LogP contribution is 2.24. The van der Waals surface area contributed by atoms with Crippen molar-refractivity contribution in [2.45, 2.75) is 64.2 Å². The lowest BCUT2D eigenvalue weighted by Crippen LogP contribution is -2.59. The van der Waals surface area contributed by atoms with Gasteiger partial charge in [0, 0.05) is 20.0 Å². The number of amides is 1. The zero-order valence-electron chi connectivity index (χ0n) is 15.8. The molecule has 2 rings (SSSR count). The van der Waals surface area contributed by atoms with Crippen LogP contribution in [0.5, 0.6) is 0 Å². The van der Waals surface area contributed by atoms with E-state index >= 15 is 0 Å². The highest BCUT2D eigenvalue weighted by atomic mass is 19.1. The van der Waals surface area contributed by atoms with Gasteiger partial charge < -0.3 is 19.8 Å². The topological polar surface area (TPSA) is 82.0 Å². The first-order valence-corrected chi connectivity index (χ1v) is 8.91. The molecule has 6 nitrogen and oxygen atoms in total. The lowest BCUT2D eigenvalue weighted by atomic mass is 10.0. The summed E-state index contributed by atoms with van der Waals surface area (Å²) in [5.74, 6) is -2.59. The van der Waals surface area contributed by atoms with Crippen molar-refractivity contribution in [1.82, 2.24) is 10.2 Å². The van der Waals surface area contributed by atoms with Gasteiger partial charge in [0.05, 0.1) is 5.60 Å². The van der Waals surface area contributed by atoms with Crippen LogP contribution in [0.3, 0.4) is 0 Å². The van der Waals surface area contributed by atoms with Crippen LogP contribution in [-0.4, -0.2) is 51.7 Å². The van der Waals surface area contributed by atoms with Crippen LogP contribution in [0.2, 0.25) is 0 Å². The summed E-state index contributed by atoms with van der Waals surface area (Å²) >= 11 is 0. The number of carbonyl (C=O) groups is 1. The number of aliphatic hydroxyl groups excluding tert-OH is 1. The summed E-state index contributed by atoms with van der Waals surface area (Å²) in [7, 11) is 0. The molecule has 1 aromatic rings. The number of nitrogens with one attached hydrogen (secondary N) is 1. The molecule has 0 spiro atoms. The predicted molar refractivity (Wildman–Crippen MR) is 95.6 cm³/mol. The molecule has 1 heterocycles. The molecule has 7 heteroatoms. The molecule has 0 radical (unpaired) electrons. The number of ether oxygens (including phenoxy) is 1. The Kier molecular flexibility index (Phi) is 6.39. The maximum absolute atomic E-state index is 13.2. The lowest BCUT2D eigenvalue weighted by molar-refractivity contribution is -0.265. The third kappa shape index (κ3) is 5.74. The van der Waals surface area contributed by atoms with Crippen molar-refractivity contribution < 1.29 is 24.1 Å². The minimum absolute atomic E-state index is 0.322. The third-order valence-corrected chi connectivity index (χ3v) is 4.14. The Hall–Kier alpha value is -1.54. The third-order valence-electron chi connectivity index (χ3n) is 4.14. The number of hydrogen-bond donors (Lipinski definition) is 3. The van der Waals surface area contributed by atoms with Crippen LogP contribution < -0.4 is 5.32 Å². The van der Waals surface area contributed by atoms with Gasteiger partial charge in [-0.15, -0.1) is 0 Å². The number of rotatable bonds is 6. The van der Waals surface area contributed by atoms with Crippen molar-refractivity contribution in [1.29, 1.82) is 0 Å². The minimum Gasteiger partial charge on any atom is -0.386 e. The number of likely N-dealkylation sites (tertiary alicyclic amines) is 1. The first kappa shape index (κ1) is 20.8. The molecule has 1 aliphatic heterocycles. The summed E-state index contributed by atoms with van der Waals surface area (Å²) in [6.45, 7) is 7.93. The normalized spacial score (nSPS) is 19.9. The Balaban J connectivity index is 2.25. The maximum atomic E-state index is 13.2. The molecular formula is C19H29FN2O4. The minimum atomic E-state index is -1.83. The molecule has 26 heavy (non-hydrogen) atoms. The molecule has 0 saturated carbocycles. The molecule has 1 saturated heterocycles. The van der Waals surface area contributed by atoms with Crippen molar-refractivity contribution in [3.63, 3.8) is 0 Å². The zero-order chi connectivity index (χ0) is 19.5. The van der Waals surface area contributed by atoms with Gasteiger partial charge in [-0.25, -0.2) is 4.39 Å². The first-order chi connectivity index (χ1) is 12.0. The van der Waals surface area contributed by atoms with Crippen molar-refractivity contribution in [3.8, 4) is 0 Å². The first-order valence-electron chi connectivity index (χ1n) is 8.91. The van der Waals surface area contributed by atoms with Gasteiger partial charge in [-0.2, -0.15) is 0 Å². The van der Waals surface area contributed by atoms with E-state index in [2.05, 4.69) is 5.32 Å². The van der Waals surface area contributed by atoms with E-state index in [4.69, 9.17) is 4.74 Å². The van der Waals surface area contributed by atoms with Crippen LogP contribution in [0.1, 0.15) is 52.2 Å². The summed E-state index contributed by atoms with van der Waals surface area (Å²) < 4.78 is 18.8. The smallest absolute Gasteiger partial charge is 0.242 e. The van der Waals surface area contributed by atoms with E-state index in [1.165, 1.54) is 31.2 Å². The second-order valence-corrected chi connectivity index (χ2v) is 7.85. The van der Waals surface area contributed by atoms with E-state index in [0.717, 1.165) is 12.8 Å². The van der Waals surface area contributed by atoms with Gasteiger partial charge in [0.2, 0.25) is 11.8 Å². The van der Waals surface area contributed by atoms with Gasteiger partial charge >= 0.3 is 0 Å². The van der Waals surface area contributed by atoms with E-state index in [0.29, 0.717) is 18.7 Å². The SMILES string of the molecule is CC(C)(C)OC(C)(O)N[C@@H](C(=O)N1CCCC1)[C@H](O)c1ccc(F)cc1. The number of nitrogens with zero attached hydrogens (tertiary/aromatic N) is 1. The van der Waals surface area contributed by atoms with Crippen LogP contribution in [-0.2, 0) is 9.53 Å². The summed E-state index contributed by atoms with van der Waals surface area (Å²) in [5.41, 5.74) is -0.290. The van der Waals surface area contributed by atoms with E-state index in [-0.39, 0.29) is 5.91 Å². The molecule has 0 aromatic heterocycles. The average molecular weight is 368 g/mol. The Bertz CT molecular complexity index is 607. The highest BCUT2D eigenvalue weighted by Gasteiger charge is 2.39. The quantitative estimate of drug-likeness (QED) is 0.669. The van der Waals surface area contributed by atoms with Crippen molar-refractivity contribution in [2.75, 3.05) is 13.1 Å². The second kappa shape index (κ2) is 8.00. The Morgan fingerprint density at radius 2 is 1.73 bits per heavy atom. The molecular weight excluding hydrogens is 339 g/mol. The van der Waals surface area contributed by atoms with Crippen LogP contribution in [0.4, 0.5) is 4.39 Å². The zero-order valence-corrected chi connectivity index (χ0v) is 15.8. The number of halogens is 1. The summed E-state index contributed by atoms with van der Waals surface area (Å²) in [6.07, 6.45) is 0.540. The van der Waals surface area contributed by atoms with Crippen LogP contribution in [0, 0.1) is 5.82 Å². The summed E-state index contributed by atoms with van der Waals surface area (Å²) in [4.78, 5) is 14.6. The van der Waals surface area contributed by atoms with E-state index < -0.39 is 29.5 Å². The number of benzene rings is 1. The fraction of sp³-hybridized carbons (Fsp3) is 0.632. The van der Waals surface area contributed by atoms with Crippen LogP contribution in [0.15, 0.2) is 24.3 Å². The summed E-state index contributed by atoms with van der Waals surface area (Å²) in [6, 6.07) is 4.16. The molecule has 1 unspecified atom stereocenters. The fourth-order valence-electron chi connectivity index (χ4n) is 3.18. The Morgan fingerprint density at radius 3 is 2.23 bits per heavy atom. The molecule has 1 aromatic carbocycles. The van der Waals surface area contributed by atoms with Gasteiger partial charge in [-0.05, 0) is 51.3 Å². The van der Waals surface area contributed by atoms with Crippen molar-refractivity contribution in [3.05, 3.63) is 35.6 Å². The number of carbonyl (C=O) groups excluding carboxylic acids is 1. The van der Waals surface area contributed by atoms with Gasteiger partial charge in [0.25, 0.3) is 0 Å². The number of aliphatic hydroxyl groups is 2. The molecule has 0 aliphatic carbocycles. The maximum Gasteiger partial charge on any atom is 0.242 e. The fourth-order valence-corrected chi connectivity index (χ4v) is 3.18. The molecule has 0 bridgehead atoms. The van der Waals surface area contributed by atoms with Crippen molar-refractivity contribution >= 4 is 5.91 Å².